The summed E-state index contributed by atoms with van der Waals surface area (Å²) in [7, 11) is 0. The molecule has 4 rings (SSSR count). The average Bonchev–Trinajstić information content (AvgIpc) is 3.15. The topological polar surface area (TPSA) is 83.8 Å². The van der Waals surface area contributed by atoms with Crippen molar-refractivity contribution in [1.82, 2.24) is 15.3 Å². The maximum absolute atomic E-state index is 13.1. The third kappa shape index (κ3) is 4.06. The maximum atomic E-state index is 13.1. The molecule has 1 aromatic carbocycles. The lowest BCUT2D eigenvalue weighted by Crippen LogP contribution is -2.55. The van der Waals surface area contributed by atoms with Crippen LogP contribution < -0.4 is 11.1 Å². The van der Waals surface area contributed by atoms with E-state index in [1.165, 1.54) is 19.3 Å². The van der Waals surface area contributed by atoms with E-state index < -0.39 is 5.54 Å². The molecule has 1 fully saturated rings. The molecular formula is C24H30N4O. The van der Waals surface area contributed by atoms with E-state index in [-0.39, 0.29) is 11.3 Å². The Bertz CT molecular complexity index is 971. The molecule has 4 N–H and O–H groups in total. The summed E-state index contributed by atoms with van der Waals surface area (Å²) in [6.45, 7) is 2.40. The molecular weight excluding hydrogens is 360 g/mol. The molecule has 152 valence electrons. The van der Waals surface area contributed by atoms with Gasteiger partial charge in [0.1, 0.15) is 0 Å². The zero-order valence-electron chi connectivity index (χ0n) is 17.1. The van der Waals surface area contributed by atoms with E-state index in [2.05, 4.69) is 27.4 Å². The van der Waals surface area contributed by atoms with Gasteiger partial charge in [0.2, 0.25) is 5.91 Å². The van der Waals surface area contributed by atoms with Crippen LogP contribution in [-0.4, -0.2) is 28.0 Å². The summed E-state index contributed by atoms with van der Waals surface area (Å²) in [4.78, 5) is 21.0. The van der Waals surface area contributed by atoms with Gasteiger partial charge in [-0.25, -0.2) is 0 Å². The van der Waals surface area contributed by atoms with Gasteiger partial charge in [0.15, 0.2) is 0 Å². The molecule has 29 heavy (non-hydrogen) atoms. The van der Waals surface area contributed by atoms with E-state index in [1.54, 1.807) is 0 Å². The molecule has 1 amide bonds. The van der Waals surface area contributed by atoms with Crippen molar-refractivity contribution in [3.8, 4) is 0 Å². The first-order chi connectivity index (χ1) is 14.0. The van der Waals surface area contributed by atoms with Crippen molar-refractivity contribution in [2.45, 2.75) is 56.4 Å². The molecule has 3 aromatic rings. The van der Waals surface area contributed by atoms with Crippen molar-refractivity contribution >= 4 is 16.8 Å². The van der Waals surface area contributed by atoms with Crippen LogP contribution in [0.4, 0.5) is 0 Å². The number of H-pyrrole nitrogens is 1. The molecule has 1 aliphatic rings. The summed E-state index contributed by atoms with van der Waals surface area (Å²) in [5.74, 6) is -0.108. The van der Waals surface area contributed by atoms with Crippen molar-refractivity contribution in [1.29, 1.82) is 0 Å². The van der Waals surface area contributed by atoms with E-state index in [4.69, 9.17) is 5.73 Å². The van der Waals surface area contributed by atoms with Gasteiger partial charge in [0.25, 0.3) is 0 Å². The van der Waals surface area contributed by atoms with Gasteiger partial charge in [0.05, 0.1) is 5.54 Å². The highest BCUT2D eigenvalue weighted by Gasteiger charge is 2.37. The molecule has 0 spiro atoms. The third-order valence-electron chi connectivity index (χ3n) is 6.36. The van der Waals surface area contributed by atoms with Crippen molar-refractivity contribution in [3.05, 3.63) is 66.1 Å². The lowest BCUT2D eigenvalue weighted by Gasteiger charge is -2.38. The van der Waals surface area contributed by atoms with Crippen molar-refractivity contribution in [2.24, 2.45) is 5.73 Å². The van der Waals surface area contributed by atoms with Crippen LogP contribution in [0.2, 0.25) is 0 Å². The second-order valence-electron chi connectivity index (χ2n) is 8.69. The summed E-state index contributed by atoms with van der Waals surface area (Å²) in [6, 6.07) is 14.2. The van der Waals surface area contributed by atoms with E-state index in [0.717, 1.165) is 35.0 Å². The number of amides is 1. The first-order valence-electron chi connectivity index (χ1n) is 10.5. The molecule has 1 aliphatic carbocycles. The quantitative estimate of drug-likeness (QED) is 0.598. The third-order valence-corrected chi connectivity index (χ3v) is 6.36. The van der Waals surface area contributed by atoms with Gasteiger partial charge in [-0.3, -0.25) is 9.78 Å². The van der Waals surface area contributed by atoms with Crippen LogP contribution in [0.5, 0.6) is 0 Å². The lowest BCUT2D eigenvalue weighted by molar-refractivity contribution is -0.126. The number of nitrogens with zero attached hydrogens (tertiary/aromatic N) is 1. The van der Waals surface area contributed by atoms with Crippen LogP contribution in [0, 0.1) is 0 Å². The van der Waals surface area contributed by atoms with Crippen molar-refractivity contribution < 1.29 is 4.79 Å². The van der Waals surface area contributed by atoms with E-state index in [0.29, 0.717) is 13.0 Å². The van der Waals surface area contributed by atoms with E-state index in [1.807, 2.05) is 49.6 Å². The minimum atomic E-state index is -0.981. The first-order valence-corrected chi connectivity index (χ1v) is 10.5. The highest BCUT2D eigenvalue weighted by Crippen LogP contribution is 2.38. The monoisotopic (exact) mass is 390 g/mol. The largest absolute Gasteiger partial charge is 0.361 e. The molecule has 1 saturated carbocycles. The van der Waals surface area contributed by atoms with Gasteiger partial charge >= 0.3 is 0 Å². The smallest absolute Gasteiger partial charge is 0.240 e. The molecule has 5 heteroatoms. The summed E-state index contributed by atoms with van der Waals surface area (Å²) in [5, 5.41) is 4.30. The van der Waals surface area contributed by atoms with Gasteiger partial charge in [-0.15, -0.1) is 0 Å². The molecule has 2 heterocycles. The fraction of sp³-hybridized carbons (Fsp3) is 0.417. The number of hydrogen-bond acceptors (Lipinski definition) is 3. The number of aromatic amines is 1. The van der Waals surface area contributed by atoms with Gasteiger partial charge in [-0.2, -0.15) is 0 Å². The summed E-state index contributed by atoms with van der Waals surface area (Å²) >= 11 is 0. The minimum Gasteiger partial charge on any atom is -0.361 e. The average molecular weight is 391 g/mol. The standard InChI is InChI=1S/C24H30N4O/c1-23(25,15-18-16-27-20-10-4-3-9-19(18)20)22(29)28-17-24(12-6-2-7-13-24)21-11-5-8-14-26-21/h3-5,8-11,14,16,27H,2,6-7,12-13,15,17,25H2,1H3,(H,28,29). The fourth-order valence-corrected chi connectivity index (χ4v) is 4.63. The van der Waals surface area contributed by atoms with Crippen molar-refractivity contribution in [2.75, 3.05) is 6.54 Å². The fourth-order valence-electron chi connectivity index (χ4n) is 4.63. The number of benzene rings is 1. The number of nitrogens with two attached hydrogens (primary N) is 1. The molecule has 1 atom stereocenters. The molecule has 0 radical (unpaired) electrons. The highest BCUT2D eigenvalue weighted by molar-refractivity contribution is 5.88. The molecule has 2 aromatic heterocycles. The summed E-state index contributed by atoms with van der Waals surface area (Å²) in [5.41, 5.74) is 8.64. The second-order valence-corrected chi connectivity index (χ2v) is 8.69. The number of carbonyl (C=O) groups is 1. The molecule has 0 aliphatic heterocycles. The van der Waals surface area contributed by atoms with Gasteiger partial charge in [0, 0.05) is 47.4 Å². The Kier molecular flexibility index (Phi) is 5.41. The number of para-hydroxylation sites is 1. The normalized spacial score (nSPS) is 18.3. The van der Waals surface area contributed by atoms with Crippen LogP contribution in [0.1, 0.15) is 50.3 Å². The number of pyridine rings is 1. The predicted octanol–water partition coefficient (Wildman–Crippen LogP) is 3.84. The number of fused-ring (bicyclic) bond motifs is 1. The minimum absolute atomic E-state index is 0.0912. The Morgan fingerprint density at radius 3 is 2.69 bits per heavy atom. The summed E-state index contributed by atoms with van der Waals surface area (Å²) in [6.07, 6.45) is 9.97. The Morgan fingerprint density at radius 1 is 1.17 bits per heavy atom. The number of rotatable bonds is 6. The molecule has 1 unspecified atom stereocenters. The number of nitrogens with one attached hydrogen (secondary N) is 2. The number of carbonyl (C=O) groups excluding carboxylic acids is 1. The van der Waals surface area contributed by atoms with Gasteiger partial charge < -0.3 is 16.0 Å². The van der Waals surface area contributed by atoms with Gasteiger partial charge in [-0.1, -0.05) is 43.5 Å². The van der Waals surface area contributed by atoms with E-state index in [9.17, 15) is 4.79 Å². The van der Waals surface area contributed by atoms with Gasteiger partial charge in [-0.05, 0) is 43.5 Å². The Hall–Kier alpha value is -2.66. The van der Waals surface area contributed by atoms with Crippen LogP contribution in [0.25, 0.3) is 10.9 Å². The second kappa shape index (κ2) is 7.99. The number of aromatic nitrogens is 2. The number of hydrogen-bond donors (Lipinski definition) is 3. The molecule has 5 nitrogen and oxygen atoms in total. The zero-order chi connectivity index (χ0) is 20.3. The maximum Gasteiger partial charge on any atom is 0.240 e. The van der Waals surface area contributed by atoms with Crippen LogP contribution in [0.3, 0.4) is 0 Å². The Balaban J connectivity index is 1.48. The van der Waals surface area contributed by atoms with Crippen LogP contribution in [0.15, 0.2) is 54.9 Å². The Morgan fingerprint density at radius 2 is 1.93 bits per heavy atom. The summed E-state index contributed by atoms with van der Waals surface area (Å²) < 4.78 is 0. The van der Waals surface area contributed by atoms with Crippen LogP contribution in [-0.2, 0) is 16.6 Å². The van der Waals surface area contributed by atoms with E-state index >= 15 is 0 Å². The first kappa shape index (κ1) is 19.6. The highest BCUT2D eigenvalue weighted by atomic mass is 16.2. The molecule has 0 bridgehead atoms. The molecule has 0 saturated heterocycles. The predicted molar refractivity (Wildman–Crippen MR) is 117 cm³/mol. The SMILES string of the molecule is CC(N)(Cc1c[nH]c2ccccc12)C(=O)NCC1(c2ccccn2)CCCCC1. The lowest BCUT2D eigenvalue weighted by atomic mass is 9.71. The Labute approximate surface area is 172 Å². The zero-order valence-corrected chi connectivity index (χ0v) is 17.1. The van der Waals surface area contributed by atoms with Crippen LogP contribution >= 0.6 is 0 Å². The van der Waals surface area contributed by atoms with Crippen molar-refractivity contribution in [3.63, 3.8) is 0 Å².